The quantitative estimate of drug-likeness (QED) is 0.845. The molecule has 1 saturated heterocycles. The van der Waals surface area contributed by atoms with Crippen LogP contribution >= 0.6 is 23.2 Å². The van der Waals surface area contributed by atoms with E-state index in [0.29, 0.717) is 42.6 Å². The van der Waals surface area contributed by atoms with Crippen LogP contribution in [0.25, 0.3) is 5.69 Å². The largest absolute Gasteiger partial charge is 0.367 e. The molecular formula is C17H19Cl2N5O2. The maximum Gasteiger partial charge on any atom is 0.314 e. The fraction of sp³-hybridized carbons (Fsp3) is 0.353. The highest BCUT2D eigenvalue weighted by molar-refractivity contribution is 6.33. The molecule has 1 aromatic carbocycles. The smallest absolute Gasteiger partial charge is 0.314 e. The van der Waals surface area contributed by atoms with Crippen molar-refractivity contribution in [3.05, 3.63) is 50.4 Å². The first-order valence-electron chi connectivity index (χ1n) is 8.22. The number of halogens is 2. The SMILES string of the molecule is Cc1ccc(-n2ncc(N3CCCN(C(N)=O)CC3)c(Cl)c2=O)cc1Cl. The lowest BCUT2D eigenvalue weighted by Gasteiger charge is -2.23. The van der Waals surface area contributed by atoms with E-state index in [9.17, 15) is 9.59 Å². The minimum atomic E-state index is -0.442. The Labute approximate surface area is 160 Å². The molecule has 1 fully saturated rings. The molecule has 0 atom stereocenters. The fourth-order valence-electron chi connectivity index (χ4n) is 2.92. The average molecular weight is 396 g/mol. The van der Waals surface area contributed by atoms with Crippen LogP contribution in [0.2, 0.25) is 10.0 Å². The Morgan fingerprint density at radius 1 is 1.19 bits per heavy atom. The topological polar surface area (TPSA) is 84.5 Å². The molecule has 3 rings (SSSR count). The summed E-state index contributed by atoms with van der Waals surface area (Å²) >= 11 is 12.5. The molecule has 2 amide bonds. The van der Waals surface area contributed by atoms with Gasteiger partial charge in [-0.3, -0.25) is 4.79 Å². The number of nitrogens with zero attached hydrogens (tertiary/aromatic N) is 4. The number of hydrogen-bond acceptors (Lipinski definition) is 4. The number of nitrogens with two attached hydrogens (primary N) is 1. The molecular weight excluding hydrogens is 377 g/mol. The van der Waals surface area contributed by atoms with E-state index in [1.54, 1.807) is 23.2 Å². The van der Waals surface area contributed by atoms with Gasteiger partial charge in [-0.1, -0.05) is 29.3 Å². The highest BCUT2D eigenvalue weighted by atomic mass is 35.5. The Morgan fingerprint density at radius 3 is 2.65 bits per heavy atom. The van der Waals surface area contributed by atoms with Crippen molar-refractivity contribution in [2.45, 2.75) is 13.3 Å². The second-order valence-corrected chi connectivity index (χ2v) is 6.95. The van der Waals surface area contributed by atoms with Crippen LogP contribution in [0.5, 0.6) is 0 Å². The molecule has 2 aromatic rings. The molecule has 0 bridgehead atoms. The summed E-state index contributed by atoms with van der Waals surface area (Å²) in [7, 11) is 0. The minimum Gasteiger partial charge on any atom is -0.367 e. The van der Waals surface area contributed by atoms with Gasteiger partial charge in [-0.05, 0) is 31.0 Å². The number of amides is 2. The molecule has 2 heterocycles. The lowest BCUT2D eigenvalue weighted by Crippen LogP contribution is -2.39. The Hall–Kier alpha value is -2.25. The van der Waals surface area contributed by atoms with E-state index in [1.807, 2.05) is 17.9 Å². The van der Waals surface area contributed by atoms with Gasteiger partial charge in [-0.2, -0.15) is 9.78 Å². The van der Waals surface area contributed by atoms with Gasteiger partial charge >= 0.3 is 6.03 Å². The minimum absolute atomic E-state index is 0.0872. The predicted octanol–water partition coefficient (Wildman–Crippen LogP) is 2.44. The van der Waals surface area contributed by atoms with Crippen LogP contribution in [0.1, 0.15) is 12.0 Å². The van der Waals surface area contributed by atoms with Crippen molar-refractivity contribution < 1.29 is 4.79 Å². The summed E-state index contributed by atoms with van der Waals surface area (Å²) in [5.41, 5.74) is 6.95. The van der Waals surface area contributed by atoms with Gasteiger partial charge in [0.05, 0.1) is 17.6 Å². The van der Waals surface area contributed by atoms with Crippen LogP contribution in [-0.4, -0.2) is 46.9 Å². The van der Waals surface area contributed by atoms with Gasteiger partial charge in [-0.25, -0.2) is 4.79 Å². The van der Waals surface area contributed by atoms with E-state index >= 15 is 0 Å². The van der Waals surface area contributed by atoms with Gasteiger partial charge in [0.25, 0.3) is 5.56 Å². The summed E-state index contributed by atoms with van der Waals surface area (Å²) in [5, 5.41) is 4.89. The lowest BCUT2D eigenvalue weighted by atomic mass is 10.2. The molecule has 0 spiro atoms. The molecule has 1 aliphatic rings. The average Bonchev–Trinajstić information content (AvgIpc) is 2.86. The first-order chi connectivity index (χ1) is 12.4. The number of anilines is 1. The van der Waals surface area contributed by atoms with E-state index in [0.717, 1.165) is 12.0 Å². The van der Waals surface area contributed by atoms with Gasteiger partial charge in [0, 0.05) is 31.2 Å². The number of carbonyl (C=O) groups is 1. The number of benzene rings is 1. The summed E-state index contributed by atoms with van der Waals surface area (Å²) in [6.45, 7) is 4.13. The van der Waals surface area contributed by atoms with Crippen molar-refractivity contribution in [2.75, 3.05) is 31.1 Å². The second-order valence-electron chi connectivity index (χ2n) is 6.16. The number of hydrogen-bond donors (Lipinski definition) is 1. The zero-order valence-electron chi connectivity index (χ0n) is 14.3. The number of urea groups is 1. The lowest BCUT2D eigenvalue weighted by molar-refractivity contribution is 0.211. The van der Waals surface area contributed by atoms with Crippen LogP contribution in [0.3, 0.4) is 0 Å². The van der Waals surface area contributed by atoms with E-state index in [1.165, 1.54) is 4.68 Å². The zero-order chi connectivity index (χ0) is 18.8. The maximum atomic E-state index is 12.7. The van der Waals surface area contributed by atoms with E-state index in [2.05, 4.69) is 5.10 Å². The van der Waals surface area contributed by atoms with Gasteiger partial charge in [0.1, 0.15) is 5.02 Å². The van der Waals surface area contributed by atoms with Crippen molar-refractivity contribution in [1.82, 2.24) is 14.7 Å². The summed E-state index contributed by atoms with van der Waals surface area (Å²) in [5.74, 6) is 0. The van der Waals surface area contributed by atoms with Crippen LogP contribution < -0.4 is 16.2 Å². The highest BCUT2D eigenvalue weighted by Crippen LogP contribution is 2.24. The highest BCUT2D eigenvalue weighted by Gasteiger charge is 2.21. The van der Waals surface area contributed by atoms with Gasteiger partial charge in [-0.15, -0.1) is 0 Å². The third-order valence-electron chi connectivity index (χ3n) is 4.45. The Morgan fingerprint density at radius 2 is 1.96 bits per heavy atom. The van der Waals surface area contributed by atoms with Crippen LogP contribution in [-0.2, 0) is 0 Å². The first-order valence-corrected chi connectivity index (χ1v) is 8.98. The molecule has 26 heavy (non-hydrogen) atoms. The number of carbonyl (C=O) groups excluding carboxylic acids is 1. The number of rotatable bonds is 2. The number of aryl methyl sites for hydroxylation is 1. The monoisotopic (exact) mass is 395 g/mol. The van der Waals surface area contributed by atoms with Crippen molar-refractivity contribution in [3.8, 4) is 5.69 Å². The summed E-state index contributed by atoms with van der Waals surface area (Å²) in [6, 6.07) is 4.82. The van der Waals surface area contributed by atoms with Crippen molar-refractivity contribution >= 4 is 34.9 Å². The predicted molar refractivity (Wildman–Crippen MR) is 103 cm³/mol. The molecule has 1 aliphatic heterocycles. The molecule has 0 saturated carbocycles. The molecule has 1 aromatic heterocycles. The Balaban J connectivity index is 1.91. The third-order valence-corrected chi connectivity index (χ3v) is 5.21. The van der Waals surface area contributed by atoms with Crippen LogP contribution in [0.15, 0.2) is 29.2 Å². The number of aromatic nitrogens is 2. The summed E-state index contributed by atoms with van der Waals surface area (Å²) < 4.78 is 1.23. The fourth-order valence-corrected chi connectivity index (χ4v) is 3.34. The summed E-state index contributed by atoms with van der Waals surface area (Å²) in [4.78, 5) is 27.6. The maximum absolute atomic E-state index is 12.7. The van der Waals surface area contributed by atoms with Crippen LogP contribution in [0, 0.1) is 6.92 Å². The normalized spacial score (nSPS) is 15.0. The molecule has 2 N–H and O–H groups in total. The Kier molecular flexibility index (Phi) is 5.38. The van der Waals surface area contributed by atoms with Gasteiger partial charge in [0.2, 0.25) is 0 Å². The van der Waals surface area contributed by atoms with Crippen molar-refractivity contribution in [3.63, 3.8) is 0 Å². The van der Waals surface area contributed by atoms with E-state index in [-0.39, 0.29) is 5.02 Å². The molecule has 0 aliphatic carbocycles. The van der Waals surface area contributed by atoms with E-state index in [4.69, 9.17) is 28.9 Å². The molecule has 0 radical (unpaired) electrons. The second kappa shape index (κ2) is 7.55. The Bertz CT molecular complexity index is 899. The van der Waals surface area contributed by atoms with E-state index < -0.39 is 11.6 Å². The van der Waals surface area contributed by atoms with Gasteiger partial charge in [0.15, 0.2) is 0 Å². The molecule has 0 unspecified atom stereocenters. The first kappa shape index (κ1) is 18.5. The number of primary amides is 1. The van der Waals surface area contributed by atoms with Gasteiger partial charge < -0.3 is 15.5 Å². The molecule has 138 valence electrons. The third kappa shape index (κ3) is 3.64. The van der Waals surface area contributed by atoms with Crippen LogP contribution in [0.4, 0.5) is 10.5 Å². The summed E-state index contributed by atoms with van der Waals surface area (Å²) in [6.07, 6.45) is 2.30. The van der Waals surface area contributed by atoms with Crippen molar-refractivity contribution in [1.29, 1.82) is 0 Å². The standard InChI is InChI=1S/C17H19Cl2N5O2/c1-11-3-4-12(9-13(11)18)24-16(25)15(19)14(10-21-24)22-5-2-6-23(8-7-22)17(20)26/h3-4,9-10H,2,5-8H2,1H3,(H2,20,26). The molecule has 9 heteroatoms. The molecule has 7 nitrogen and oxygen atoms in total. The zero-order valence-corrected chi connectivity index (χ0v) is 15.8. The van der Waals surface area contributed by atoms with Crippen molar-refractivity contribution in [2.24, 2.45) is 5.73 Å².